The highest BCUT2D eigenvalue weighted by Gasteiger charge is 2.57. The summed E-state index contributed by atoms with van der Waals surface area (Å²) in [7, 11) is 0. The summed E-state index contributed by atoms with van der Waals surface area (Å²) in [4.78, 5) is 0. The Balaban J connectivity index is 1.68. The van der Waals surface area contributed by atoms with E-state index in [1.54, 1.807) is 43.3 Å². The summed E-state index contributed by atoms with van der Waals surface area (Å²) in [5.41, 5.74) is -3.62. The maximum atomic E-state index is 15.1. The standard InChI is InChI=1S/C24H22F4O3/c1-2-30-20-13-11-19(12-14-20)23(25,24(26,27)28)17-29-16-18-7-6-10-22(15-18)31-21-8-4-3-5-9-21/h3-15H,2,16-17H2,1H3. The smallest absolute Gasteiger partial charge is 0.429 e. The second kappa shape index (κ2) is 9.83. The molecule has 0 amide bonds. The van der Waals surface area contributed by atoms with Crippen LogP contribution in [0.4, 0.5) is 17.6 Å². The van der Waals surface area contributed by atoms with Gasteiger partial charge in [-0.05, 0) is 48.9 Å². The molecule has 0 bridgehead atoms. The van der Waals surface area contributed by atoms with Gasteiger partial charge in [0, 0.05) is 5.56 Å². The van der Waals surface area contributed by atoms with Gasteiger partial charge in [0.25, 0.3) is 5.67 Å². The van der Waals surface area contributed by atoms with Crippen LogP contribution >= 0.6 is 0 Å². The second-order valence-electron chi connectivity index (χ2n) is 6.81. The van der Waals surface area contributed by atoms with Crippen molar-refractivity contribution in [2.75, 3.05) is 13.2 Å². The Hall–Kier alpha value is -3.06. The summed E-state index contributed by atoms with van der Waals surface area (Å²) >= 11 is 0. The molecule has 0 saturated carbocycles. The topological polar surface area (TPSA) is 27.7 Å². The molecule has 1 unspecified atom stereocenters. The van der Waals surface area contributed by atoms with Gasteiger partial charge >= 0.3 is 6.18 Å². The number of rotatable bonds is 9. The van der Waals surface area contributed by atoms with Crippen molar-refractivity contribution in [1.82, 2.24) is 0 Å². The first-order chi connectivity index (χ1) is 14.8. The van der Waals surface area contributed by atoms with Gasteiger partial charge in [-0.25, -0.2) is 4.39 Å². The van der Waals surface area contributed by atoms with Crippen LogP contribution in [0, 0.1) is 0 Å². The largest absolute Gasteiger partial charge is 0.494 e. The number of alkyl halides is 4. The van der Waals surface area contributed by atoms with E-state index >= 15 is 4.39 Å². The van der Waals surface area contributed by atoms with E-state index < -0.39 is 24.0 Å². The van der Waals surface area contributed by atoms with Gasteiger partial charge in [0.05, 0.1) is 19.8 Å². The molecule has 0 heterocycles. The van der Waals surface area contributed by atoms with E-state index in [1.807, 2.05) is 18.2 Å². The molecular weight excluding hydrogens is 412 g/mol. The molecule has 0 aliphatic rings. The molecule has 0 fully saturated rings. The summed E-state index contributed by atoms with van der Waals surface area (Å²) in [6.45, 7) is 0.728. The van der Waals surface area contributed by atoms with Gasteiger partial charge in [0.2, 0.25) is 0 Å². The van der Waals surface area contributed by atoms with Gasteiger partial charge in [-0.2, -0.15) is 13.2 Å². The molecule has 0 spiro atoms. The van der Waals surface area contributed by atoms with Crippen LogP contribution in [-0.4, -0.2) is 19.4 Å². The fourth-order valence-electron chi connectivity index (χ4n) is 2.94. The minimum Gasteiger partial charge on any atom is -0.494 e. The van der Waals surface area contributed by atoms with E-state index in [-0.39, 0.29) is 6.61 Å². The molecule has 0 saturated heterocycles. The minimum atomic E-state index is -5.14. The molecule has 0 N–H and O–H groups in total. The zero-order valence-corrected chi connectivity index (χ0v) is 16.9. The Morgan fingerprint density at radius 1 is 0.742 bits per heavy atom. The Morgan fingerprint density at radius 2 is 1.42 bits per heavy atom. The maximum Gasteiger partial charge on any atom is 0.429 e. The summed E-state index contributed by atoms with van der Waals surface area (Å²) < 4.78 is 71.9. The average molecular weight is 434 g/mol. The molecule has 0 aliphatic heterocycles. The summed E-state index contributed by atoms with van der Waals surface area (Å²) in [5, 5.41) is 0. The Labute approximate surface area is 178 Å². The first-order valence-electron chi connectivity index (χ1n) is 9.70. The molecule has 0 aromatic heterocycles. The highest BCUT2D eigenvalue weighted by atomic mass is 19.4. The van der Waals surface area contributed by atoms with Crippen LogP contribution in [0.2, 0.25) is 0 Å². The number of hydrogen-bond donors (Lipinski definition) is 0. The van der Waals surface area contributed by atoms with Gasteiger partial charge in [-0.15, -0.1) is 0 Å². The van der Waals surface area contributed by atoms with Crippen LogP contribution in [0.1, 0.15) is 18.1 Å². The van der Waals surface area contributed by atoms with Gasteiger partial charge in [-0.3, -0.25) is 0 Å². The first kappa shape index (κ1) is 22.6. The predicted octanol–water partition coefficient (Wildman–Crippen LogP) is 6.82. The summed E-state index contributed by atoms with van der Waals surface area (Å²) in [5.74, 6) is 1.49. The van der Waals surface area contributed by atoms with E-state index in [2.05, 4.69) is 0 Å². The van der Waals surface area contributed by atoms with E-state index in [0.717, 1.165) is 12.1 Å². The third-order valence-corrected chi connectivity index (χ3v) is 4.52. The van der Waals surface area contributed by atoms with E-state index in [0.29, 0.717) is 29.4 Å². The van der Waals surface area contributed by atoms with Gasteiger partial charge in [0.15, 0.2) is 0 Å². The molecule has 3 aromatic carbocycles. The number of hydrogen-bond acceptors (Lipinski definition) is 3. The van der Waals surface area contributed by atoms with E-state index in [1.165, 1.54) is 12.1 Å². The molecular formula is C24H22F4O3. The molecule has 31 heavy (non-hydrogen) atoms. The van der Waals surface area contributed by atoms with Crippen molar-refractivity contribution in [1.29, 1.82) is 0 Å². The van der Waals surface area contributed by atoms with Crippen LogP contribution in [0.3, 0.4) is 0 Å². The van der Waals surface area contributed by atoms with Gasteiger partial charge < -0.3 is 14.2 Å². The first-order valence-corrected chi connectivity index (χ1v) is 9.70. The number of ether oxygens (including phenoxy) is 3. The highest BCUT2D eigenvalue weighted by Crippen LogP contribution is 2.43. The second-order valence-corrected chi connectivity index (χ2v) is 6.81. The lowest BCUT2D eigenvalue weighted by atomic mass is 9.96. The Kier molecular flexibility index (Phi) is 7.17. The lowest BCUT2D eigenvalue weighted by Crippen LogP contribution is -2.42. The number of benzene rings is 3. The monoisotopic (exact) mass is 434 g/mol. The van der Waals surface area contributed by atoms with Crippen molar-refractivity contribution in [2.45, 2.75) is 25.4 Å². The fourth-order valence-corrected chi connectivity index (χ4v) is 2.94. The normalized spacial score (nSPS) is 13.5. The molecule has 3 nitrogen and oxygen atoms in total. The van der Waals surface area contributed by atoms with E-state index in [9.17, 15) is 13.2 Å². The lowest BCUT2D eigenvalue weighted by molar-refractivity contribution is -0.252. The van der Waals surface area contributed by atoms with Crippen LogP contribution in [0.25, 0.3) is 0 Å². The zero-order valence-electron chi connectivity index (χ0n) is 16.9. The van der Waals surface area contributed by atoms with Crippen molar-refractivity contribution >= 4 is 0 Å². The quantitative estimate of drug-likeness (QED) is 0.346. The Bertz CT molecular complexity index is 959. The summed E-state index contributed by atoms with van der Waals surface area (Å²) in [6.07, 6.45) is -5.14. The SMILES string of the molecule is CCOc1ccc(C(F)(COCc2cccc(Oc3ccccc3)c2)C(F)(F)F)cc1. The molecule has 0 aliphatic carbocycles. The molecule has 7 heteroatoms. The number of halogens is 4. The Morgan fingerprint density at radius 3 is 2.06 bits per heavy atom. The molecule has 0 radical (unpaired) electrons. The molecule has 164 valence electrons. The molecule has 1 atom stereocenters. The average Bonchev–Trinajstić information content (AvgIpc) is 2.75. The van der Waals surface area contributed by atoms with Crippen molar-refractivity contribution < 1.29 is 31.8 Å². The predicted molar refractivity (Wildman–Crippen MR) is 109 cm³/mol. The summed E-state index contributed by atoms with van der Waals surface area (Å²) in [6, 6.07) is 20.5. The van der Waals surface area contributed by atoms with Crippen LogP contribution < -0.4 is 9.47 Å². The van der Waals surface area contributed by atoms with Crippen molar-refractivity contribution in [3.8, 4) is 17.2 Å². The number of para-hydroxylation sites is 1. The lowest BCUT2D eigenvalue weighted by Gasteiger charge is -2.28. The van der Waals surface area contributed by atoms with Gasteiger partial charge in [-0.1, -0.05) is 42.5 Å². The molecule has 3 aromatic rings. The van der Waals surface area contributed by atoms with E-state index in [4.69, 9.17) is 14.2 Å². The zero-order chi connectivity index (χ0) is 22.3. The molecule has 3 rings (SSSR count). The van der Waals surface area contributed by atoms with Crippen molar-refractivity contribution in [3.05, 3.63) is 90.0 Å². The third kappa shape index (κ3) is 5.76. The van der Waals surface area contributed by atoms with Crippen LogP contribution in [0.5, 0.6) is 17.2 Å². The van der Waals surface area contributed by atoms with Crippen LogP contribution in [0.15, 0.2) is 78.9 Å². The van der Waals surface area contributed by atoms with Crippen molar-refractivity contribution in [3.63, 3.8) is 0 Å². The van der Waals surface area contributed by atoms with Crippen molar-refractivity contribution in [2.24, 2.45) is 0 Å². The third-order valence-electron chi connectivity index (χ3n) is 4.52. The minimum absolute atomic E-state index is 0.204. The van der Waals surface area contributed by atoms with Gasteiger partial charge in [0.1, 0.15) is 17.2 Å². The fraction of sp³-hybridized carbons (Fsp3) is 0.250. The maximum absolute atomic E-state index is 15.1. The highest BCUT2D eigenvalue weighted by molar-refractivity contribution is 5.34. The van der Waals surface area contributed by atoms with Crippen LogP contribution in [-0.2, 0) is 17.0 Å².